The van der Waals surface area contributed by atoms with Gasteiger partial charge in [0.2, 0.25) is 0 Å². The van der Waals surface area contributed by atoms with Crippen LogP contribution in [0.15, 0.2) is 160 Å². The molecule has 4 aliphatic carbocycles. The monoisotopic (exact) mass is 917 g/mol. The van der Waals surface area contributed by atoms with Gasteiger partial charge >= 0.3 is 0 Å². The average Bonchev–Trinajstić information content (AvgIpc) is 4.15. The molecule has 71 heavy (non-hydrogen) atoms. The molecular weight excluding hydrogens is 863 g/mol. The predicted octanol–water partition coefficient (Wildman–Crippen LogP) is 18.8. The summed E-state index contributed by atoms with van der Waals surface area (Å²) in [6.45, 7) is 23.9. The lowest BCUT2D eigenvalue weighted by Gasteiger charge is -2.32. The summed E-state index contributed by atoms with van der Waals surface area (Å²) >= 11 is 0. The number of benzene rings is 9. The Bertz CT molecular complexity index is 4260. The van der Waals surface area contributed by atoms with E-state index in [9.17, 15) is 0 Å². The van der Waals surface area contributed by atoms with Crippen LogP contribution in [0.1, 0.15) is 111 Å². The van der Waals surface area contributed by atoms with Crippen molar-refractivity contribution in [3.8, 4) is 44.5 Å². The van der Waals surface area contributed by atoms with Gasteiger partial charge in [0.1, 0.15) is 22.3 Å². The lowest BCUT2D eigenvalue weighted by molar-refractivity contribution is 0.600. The minimum absolute atomic E-state index is 0.170. The standard InChI is InChI=1S/C68H55NO2/c1-36-23-29-53(37(2)31-36)69(38-24-26-40-45-34-52-46(35-51(45)66(5,6)49(40)32-38)57-48(65(52,3)4)28-30-56-58(57)43-18-12-15-21-54(43)70-56)39-25-27-42-50(33-39)68(9,10)62-59(42)60-44-19-13-16-22-55(44)71-64(60)61-41-17-11-14-20-47(41)67(7,8)63(61)62/h11-35H,1-10H3. The Kier molecular flexibility index (Phi) is 7.66. The molecule has 2 heterocycles. The fourth-order valence-electron chi connectivity index (χ4n) is 14.5. The highest BCUT2D eigenvalue weighted by molar-refractivity contribution is 6.21. The van der Waals surface area contributed by atoms with E-state index in [1.165, 1.54) is 127 Å². The molecule has 9 aromatic carbocycles. The minimum Gasteiger partial charge on any atom is -0.456 e. The van der Waals surface area contributed by atoms with E-state index in [1.807, 2.05) is 0 Å². The average molecular weight is 918 g/mol. The first-order valence-corrected chi connectivity index (χ1v) is 25.5. The molecule has 3 nitrogen and oxygen atoms in total. The lowest BCUT2D eigenvalue weighted by atomic mass is 9.72. The van der Waals surface area contributed by atoms with Gasteiger partial charge < -0.3 is 13.7 Å². The molecule has 344 valence electrons. The van der Waals surface area contributed by atoms with Crippen LogP contribution in [0.4, 0.5) is 17.1 Å². The van der Waals surface area contributed by atoms with Crippen molar-refractivity contribution < 1.29 is 8.83 Å². The first kappa shape index (κ1) is 41.2. The van der Waals surface area contributed by atoms with E-state index in [0.29, 0.717) is 0 Å². The highest BCUT2D eigenvalue weighted by Crippen LogP contribution is 2.64. The van der Waals surface area contributed by atoms with Crippen LogP contribution in [0.5, 0.6) is 0 Å². The molecule has 0 bridgehead atoms. The number of hydrogen-bond donors (Lipinski definition) is 0. The zero-order valence-electron chi connectivity index (χ0n) is 42.2. The van der Waals surface area contributed by atoms with Gasteiger partial charge in [-0.05, 0) is 164 Å². The molecule has 0 saturated carbocycles. The van der Waals surface area contributed by atoms with Gasteiger partial charge in [0.05, 0.1) is 0 Å². The Morgan fingerprint density at radius 3 is 1.68 bits per heavy atom. The molecule has 0 amide bonds. The van der Waals surface area contributed by atoms with Crippen LogP contribution >= 0.6 is 0 Å². The summed E-state index contributed by atoms with van der Waals surface area (Å²) in [7, 11) is 0. The molecule has 4 aliphatic rings. The van der Waals surface area contributed by atoms with Crippen molar-refractivity contribution in [2.45, 2.75) is 90.9 Å². The Labute approximate surface area is 415 Å². The molecule has 0 fully saturated rings. The smallest absolute Gasteiger partial charge is 0.144 e. The summed E-state index contributed by atoms with van der Waals surface area (Å²) in [5.41, 5.74) is 30.4. The number of para-hydroxylation sites is 2. The number of aryl methyl sites for hydroxylation is 2. The van der Waals surface area contributed by atoms with Gasteiger partial charge in [0.15, 0.2) is 0 Å². The van der Waals surface area contributed by atoms with Crippen molar-refractivity contribution >= 4 is 60.9 Å². The maximum absolute atomic E-state index is 7.00. The minimum atomic E-state index is -0.312. The van der Waals surface area contributed by atoms with Crippen LogP contribution < -0.4 is 4.90 Å². The van der Waals surface area contributed by atoms with E-state index < -0.39 is 0 Å². The predicted molar refractivity (Wildman–Crippen MR) is 295 cm³/mol. The first-order chi connectivity index (χ1) is 34.1. The number of anilines is 3. The van der Waals surface area contributed by atoms with Crippen molar-refractivity contribution in [1.82, 2.24) is 0 Å². The maximum atomic E-state index is 7.00. The van der Waals surface area contributed by atoms with Crippen LogP contribution in [-0.2, 0) is 21.7 Å². The zero-order chi connectivity index (χ0) is 48.4. The fraction of sp³-hybridized carbons (Fsp3) is 0.206. The summed E-state index contributed by atoms with van der Waals surface area (Å²) < 4.78 is 13.5. The van der Waals surface area contributed by atoms with Gasteiger partial charge in [-0.1, -0.05) is 152 Å². The van der Waals surface area contributed by atoms with Crippen molar-refractivity contribution in [3.05, 3.63) is 207 Å². The molecule has 0 spiro atoms. The topological polar surface area (TPSA) is 29.5 Å². The SMILES string of the molecule is Cc1ccc(N(c2ccc3c(c2)C(C)(C)c2cc4c(cc2-3)C(C)(C)c2ccc3oc5ccccc5c3c2-4)c2ccc3c(c2)C(C)(C)c2c4c(c5oc6ccccc6c5c2-3)-c2ccccc2C4(C)C)c(C)c1. The molecule has 0 saturated heterocycles. The third-order valence-corrected chi connectivity index (χ3v) is 18.0. The highest BCUT2D eigenvalue weighted by atomic mass is 16.3. The van der Waals surface area contributed by atoms with Gasteiger partial charge in [-0.3, -0.25) is 0 Å². The third-order valence-electron chi connectivity index (χ3n) is 18.0. The van der Waals surface area contributed by atoms with Crippen LogP contribution in [0.2, 0.25) is 0 Å². The Hall–Kier alpha value is -7.62. The van der Waals surface area contributed by atoms with Gasteiger partial charge in [-0.2, -0.15) is 0 Å². The van der Waals surface area contributed by atoms with Gasteiger partial charge in [-0.25, -0.2) is 0 Å². The summed E-state index contributed by atoms with van der Waals surface area (Å²) in [5.74, 6) is 0. The number of furan rings is 2. The van der Waals surface area contributed by atoms with Crippen LogP contribution in [-0.4, -0.2) is 0 Å². The van der Waals surface area contributed by atoms with Gasteiger partial charge in [0, 0.05) is 65.8 Å². The molecule has 2 aromatic heterocycles. The largest absolute Gasteiger partial charge is 0.456 e. The number of nitrogens with zero attached hydrogens (tertiary/aromatic N) is 1. The van der Waals surface area contributed by atoms with Crippen LogP contribution in [0, 0.1) is 13.8 Å². The Morgan fingerprint density at radius 1 is 0.366 bits per heavy atom. The van der Waals surface area contributed by atoms with Crippen LogP contribution in [0.25, 0.3) is 88.4 Å². The van der Waals surface area contributed by atoms with E-state index in [2.05, 4.69) is 226 Å². The van der Waals surface area contributed by atoms with E-state index >= 15 is 0 Å². The van der Waals surface area contributed by atoms with Crippen LogP contribution in [0.3, 0.4) is 0 Å². The second-order valence-electron chi connectivity index (χ2n) is 23.3. The molecule has 0 aliphatic heterocycles. The molecule has 11 aromatic rings. The van der Waals surface area contributed by atoms with E-state index in [0.717, 1.165) is 33.7 Å². The summed E-state index contributed by atoms with van der Waals surface area (Å²) in [5, 5.41) is 4.82. The van der Waals surface area contributed by atoms with Crippen molar-refractivity contribution in [3.63, 3.8) is 0 Å². The fourth-order valence-corrected chi connectivity index (χ4v) is 14.5. The van der Waals surface area contributed by atoms with E-state index in [4.69, 9.17) is 8.83 Å². The number of hydrogen-bond acceptors (Lipinski definition) is 3. The van der Waals surface area contributed by atoms with Crippen molar-refractivity contribution in [1.29, 1.82) is 0 Å². The van der Waals surface area contributed by atoms with Crippen molar-refractivity contribution in [2.75, 3.05) is 4.90 Å². The lowest BCUT2D eigenvalue weighted by Crippen LogP contribution is -2.24. The molecule has 0 unspecified atom stereocenters. The second-order valence-corrected chi connectivity index (χ2v) is 23.3. The Morgan fingerprint density at radius 2 is 0.930 bits per heavy atom. The molecule has 0 N–H and O–H groups in total. The summed E-state index contributed by atoms with van der Waals surface area (Å²) in [4.78, 5) is 2.53. The maximum Gasteiger partial charge on any atom is 0.144 e. The van der Waals surface area contributed by atoms with E-state index in [-0.39, 0.29) is 21.7 Å². The van der Waals surface area contributed by atoms with E-state index in [1.54, 1.807) is 0 Å². The zero-order valence-corrected chi connectivity index (χ0v) is 42.2. The highest BCUT2D eigenvalue weighted by Gasteiger charge is 2.49. The number of fused-ring (bicyclic) bond motifs is 22. The molecule has 0 atom stereocenters. The quantitative estimate of drug-likeness (QED) is 0.177. The van der Waals surface area contributed by atoms with Gasteiger partial charge in [-0.15, -0.1) is 0 Å². The molecular formula is C68H55NO2. The second kappa shape index (κ2) is 13.2. The normalized spacial score (nSPS) is 16.5. The van der Waals surface area contributed by atoms with Crippen molar-refractivity contribution in [2.24, 2.45) is 0 Å². The van der Waals surface area contributed by atoms with Gasteiger partial charge in [0.25, 0.3) is 0 Å². The molecule has 3 heteroatoms. The number of rotatable bonds is 3. The summed E-state index contributed by atoms with van der Waals surface area (Å²) in [6.07, 6.45) is 0. The Balaban J connectivity index is 0.920. The first-order valence-electron chi connectivity index (χ1n) is 25.5. The summed E-state index contributed by atoms with van der Waals surface area (Å²) in [6, 6.07) is 57.2. The molecule has 15 rings (SSSR count). The molecule has 0 radical (unpaired) electrons. The third kappa shape index (κ3) is 4.99.